The Hall–Kier alpha value is -0.280. The molecule has 3 nitrogen and oxygen atoms in total. The monoisotopic (exact) mass is 348 g/mol. The number of hydrogen-bond acceptors (Lipinski definition) is 2. The number of halogens is 1. The van der Waals surface area contributed by atoms with E-state index >= 15 is 0 Å². The van der Waals surface area contributed by atoms with Gasteiger partial charge in [-0.05, 0) is 12.8 Å². The van der Waals surface area contributed by atoms with E-state index in [1.807, 2.05) is 0 Å². The van der Waals surface area contributed by atoms with Gasteiger partial charge in [0, 0.05) is 18.8 Å². The lowest BCUT2D eigenvalue weighted by Crippen LogP contribution is -2.24. The number of amides is 1. The van der Waals surface area contributed by atoms with Gasteiger partial charge in [-0.1, -0.05) is 84.0 Å². The summed E-state index contributed by atoms with van der Waals surface area (Å²) in [5, 5.41) is 2.90. The second kappa shape index (κ2) is 21.7. The standard InChI is InChI=1S/C19H38ClNO.H3N/c1-2-3-4-5-6-7-8-9-10-11-12-13-14-16-19(22)21-18-15-17-20;/h2-18H2,1H3,(H,21,22);1H3. The van der Waals surface area contributed by atoms with Gasteiger partial charge >= 0.3 is 0 Å². The van der Waals surface area contributed by atoms with Crippen molar-refractivity contribution in [3.8, 4) is 0 Å². The fourth-order valence-electron chi connectivity index (χ4n) is 2.69. The van der Waals surface area contributed by atoms with Crippen LogP contribution < -0.4 is 11.5 Å². The van der Waals surface area contributed by atoms with Crippen LogP contribution in [-0.4, -0.2) is 18.3 Å². The lowest BCUT2D eigenvalue weighted by molar-refractivity contribution is -0.121. The van der Waals surface area contributed by atoms with Crippen molar-refractivity contribution < 1.29 is 4.79 Å². The van der Waals surface area contributed by atoms with Crippen molar-refractivity contribution in [3.63, 3.8) is 0 Å². The minimum Gasteiger partial charge on any atom is -0.356 e. The fourth-order valence-corrected chi connectivity index (χ4v) is 2.82. The molecular formula is C19H41ClN2O. The van der Waals surface area contributed by atoms with Crippen LogP contribution in [0.3, 0.4) is 0 Å². The highest BCUT2D eigenvalue weighted by Gasteiger charge is 2.00. The summed E-state index contributed by atoms with van der Waals surface area (Å²) in [4.78, 5) is 11.5. The third-order valence-corrected chi connectivity index (χ3v) is 4.41. The van der Waals surface area contributed by atoms with Crippen molar-refractivity contribution >= 4 is 17.5 Å². The molecule has 0 aromatic carbocycles. The summed E-state index contributed by atoms with van der Waals surface area (Å²) in [6.45, 7) is 2.99. The number of rotatable bonds is 17. The summed E-state index contributed by atoms with van der Waals surface area (Å²) in [5.41, 5.74) is 0. The lowest BCUT2D eigenvalue weighted by Gasteiger charge is -2.04. The summed E-state index contributed by atoms with van der Waals surface area (Å²) in [6.07, 6.45) is 19.0. The van der Waals surface area contributed by atoms with E-state index in [4.69, 9.17) is 11.6 Å². The first-order chi connectivity index (χ1) is 10.8. The molecule has 0 bridgehead atoms. The van der Waals surface area contributed by atoms with Gasteiger partial charge in [0.05, 0.1) is 0 Å². The molecule has 0 aromatic rings. The highest BCUT2D eigenvalue weighted by Crippen LogP contribution is 2.12. The summed E-state index contributed by atoms with van der Waals surface area (Å²) in [7, 11) is 0. The third kappa shape index (κ3) is 21.7. The zero-order valence-electron chi connectivity index (χ0n) is 15.5. The van der Waals surface area contributed by atoms with E-state index in [9.17, 15) is 4.79 Å². The van der Waals surface area contributed by atoms with Crippen LogP contribution in [0.1, 0.15) is 103 Å². The summed E-state index contributed by atoms with van der Waals surface area (Å²) in [6, 6.07) is 0. The number of unbranched alkanes of at least 4 members (excludes halogenated alkanes) is 12. The van der Waals surface area contributed by atoms with Gasteiger partial charge in [0.25, 0.3) is 0 Å². The Morgan fingerprint density at radius 3 is 1.61 bits per heavy atom. The maximum absolute atomic E-state index is 11.5. The number of alkyl halides is 1. The van der Waals surface area contributed by atoms with Crippen molar-refractivity contribution in [2.75, 3.05) is 12.4 Å². The minimum atomic E-state index is 0. The SMILES string of the molecule is CCCCCCCCCCCCCCCC(=O)NCCCCl.N. The molecule has 0 spiro atoms. The number of nitrogens with one attached hydrogen (secondary N) is 1. The molecule has 0 saturated heterocycles. The van der Waals surface area contributed by atoms with E-state index in [2.05, 4.69) is 12.2 Å². The quantitative estimate of drug-likeness (QED) is 0.237. The first-order valence-electron chi connectivity index (χ1n) is 9.64. The Bertz CT molecular complexity index is 237. The van der Waals surface area contributed by atoms with E-state index < -0.39 is 0 Å². The zero-order chi connectivity index (χ0) is 16.3. The van der Waals surface area contributed by atoms with E-state index in [0.29, 0.717) is 12.3 Å². The molecule has 0 heterocycles. The van der Waals surface area contributed by atoms with Gasteiger partial charge in [-0.3, -0.25) is 4.79 Å². The van der Waals surface area contributed by atoms with E-state index in [0.717, 1.165) is 19.4 Å². The lowest BCUT2D eigenvalue weighted by atomic mass is 10.0. The van der Waals surface area contributed by atoms with Crippen LogP contribution in [0.2, 0.25) is 0 Å². The molecule has 4 heteroatoms. The van der Waals surface area contributed by atoms with Crippen LogP contribution in [0.4, 0.5) is 0 Å². The third-order valence-electron chi connectivity index (χ3n) is 4.14. The molecule has 0 atom stereocenters. The van der Waals surface area contributed by atoms with Crippen LogP contribution >= 0.6 is 11.6 Å². The van der Waals surface area contributed by atoms with Crippen molar-refractivity contribution in [2.45, 2.75) is 103 Å². The first-order valence-corrected chi connectivity index (χ1v) is 10.2. The summed E-state index contributed by atoms with van der Waals surface area (Å²) >= 11 is 5.57. The van der Waals surface area contributed by atoms with Crippen LogP contribution in [0, 0.1) is 0 Å². The Labute approximate surface area is 149 Å². The molecule has 23 heavy (non-hydrogen) atoms. The Balaban J connectivity index is 0. The summed E-state index contributed by atoms with van der Waals surface area (Å²) < 4.78 is 0. The van der Waals surface area contributed by atoms with Crippen molar-refractivity contribution in [2.24, 2.45) is 0 Å². The Morgan fingerprint density at radius 1 is 0.739 bits per heavy atom. The molecule has 1 amide bonds. The van der Waals surface area contributed by atoms with Gasteiger partial charge in [0.1, 0.15) is 0 Å². The van der Waals surface area contributed by atoms with Gasteiger partial charge in [0.15, 0.2) is 0 Å². The molecule has 0 saturated carbocycles. The van der Waals surface area contributed by atoms with E-state index in [1.165, 1.54) is 77.0 Å². The topological polar surface area (TPSA) is 64.1 Å². The Kier molecular flexibility index (Phi) is 23.6. The van der Waals surface area contributed by atoms with Crippen molar-refractivity contribution in [3.05, 3.63) is 0 Å². The molecule has 0 aliphatic heterocycles. The van der Waals surface area contributed by atoms with Crippen molar-refractivity contribution in [1.82, 2.24) is 11.5 Å². The average Bonchev–Trinajstić information content (AvgIpc) is 2.52. The highest BCUT2D eigenvalue weighted by molar-refractivity contribution is 6.17. The van der Waals surface area contributed by atoms with E-state index in [-0.39, 0.29) is 12.1 Å². The molecule has 0 aromatic heterocycles. The zero-order valence-corrected chi connectivity index (χ0v) is 16.3. The average molecular weight is 349 g/mol. The molecule has 140 valence electrons. The van der Waals surface area contributed by atoms with Crippen LogP contribution in [-0.2, 0) is 4.79 Å². The highest BCUT2D eigenvalue weighted by atomic mass is 35.5. The molecule has 0 fully saturated rings. The maximum Gasteiger partial charge on any atom is 0.219 e. The second-order valence-electron chi connectivity index (χ2n) is 6.39. The number of carbonyl (C=O) groups is 1. The number of carbonyl (C=O) groups excluding carboxylic acids is 1. The maximum atomic E-state index is 11.5. The van der Waals surface area contributed by atoms with Crippen molar-refractivity contribution in [1.29, 1.82) is 0 Å². The molecule has 0 unspecified atom stereocenters. The van der Waals surface area contributed by atoms with Crippen LogP contribution in [0.25, 0.3) is 0 Å². The van der Waals surface area contributed by atoms with Gasteiger partial charge in [-0.15, -0.1) is 11.6 Å². The fraction of sp³-hybridized carbons (Fsp3) is 0.947. The molecule has 0 aliphatic rings. The summed E-state index contributed by atoms with van der Waals surface area (Å²) in [5.74, 6) is 0.812. The largest absolute Gasteiger partial charge is 0.356 e. The Morgan fingerprint density at radius 2 is 1.17 bits per heavy atom. The smallest absolute Gasteiger partial charge is 0.219 e. The first kappa shape index (κ1) is 25.0. The normalized spacial score (nSPS) is 10.3. The molecular weight excluding hydrogens is 308 g/mol. The van der Waals surface area contributed by atoms with Crippen LogP contribution in [0.5, 0.6) is 0 Å². The molecule has 0 rings (SSSR count). The van der Waals surface area contributed by atoms with Gasteiger partial charge in [0.2, 0.25) is 5.91 Å². The molecule has 0 aliphatic carbocycles. The number of hydrogen-bond donors (Lipinski definition) is 2. The second-order valence-corrected chi connectivity index (χ2v) is 6.76. The molecule has 0 radical (unpaired) electrons. The van der Waals surface area contributed by atoms with E-state index in [1.54, 1.807) is 0 Å². The predicted molar refractivity (Wildman–Crippen MR) is 104 cm³/mol. The predicted octanol–water partition coefficient (Wildman–Crippen LogP) is 6.37. The van der Waals surface area contributed by atoms with Gasteiger partial charge in [-0.25, -0.2) is 0 Å². The van der Waals surface area contributed by atoms with Gasteiger partial charge in [-0.2, -0.15) is 0 Å². The van der Waals surface area contributed by atoms with Crippen LogP contribution in [0.15, 0.2) is 0 Å². The van der Waals surface area contributed by atoms with Gasteiger partial charge < -0.3 is 11.5 Å². The molecule has 4 N–H and O–H groups in total. The minimum absolute atomic E-state index is 0.